The maximum absolute atomic E-state index is 12.2. The topological polar surface area (TPSA) is 63.6 Å². The molecular formula is C13H14F3N5. The van der Waals surface area contributed by atoms with Crippen LogP contribution < -0.4 is 5.32 Å². The van der Waals surface area contributed by atoms with Crippen molar-refractivity contribution in [1.29, 1.82) is 0 Å². The summed E-state index contributed by atoms with van der Waals surface area (Å²) >= 11 is 0. The first-order valence-electron chi connectivity index (χ1n) is 6.32. The molecule has 8 heteroatoms. The highest BCUT2D eigenvalue weighted by Gasteiger charge is 2.26. The number of rotatable bonds is 5. The molecule has 2 rings (SSSR count). The van der Waals surface area contributed by atoms with Crippen LogP contribution in [0.5, 0.6) is 0 Å². The van der Waals surface area contributed by atoms with Crippen molar-refractivity contribution in [2.24, 2.45) is 0 Å². The molecule has 0 radical (unpaired) electrons. The van der Waals surface area contributed by atoms with Gasteiger partial charge in [0, 0.05) is 24.5 Å². The normalized spacial score (nSPS) is 11.4. The zero-order valence-electron chi connectivity index (χ0n) is 11.4. The molecule has 0 atom stereocenters. The van der Waals surface area contributed by atoms with Gasteiger partial charge in [0.1, 0.15) is 0 Å². The molecule has 21 heavy (non-hydrogen) atoms. The number of alkyl halides is 3. The Morgan fingerprint density at radius 3 is 2.57 bits per heavy atom. The second kappa shape index (κ2) is 6.47. The van der Waals surface area contributed by atoms with Crippen molar-refractivity contribution in [3.63, 3.8) is 0 Å². The largest absolute Gasteiger partial charge is 0.389 e. The molecule has 0 saturated heterocycles. The van der Waals surface area contributed by atoms with Gasteiger partial charge >= 0.3 is 6.18 Å². The van der Waals surface area contributed by atoms with Crippen LogP contribution in [-0.2, 0) is 13.0 Å². The van der Waals surface area contributed by atoms with Gasteiger partial charge in [0.2, 0.25) is 5.95 Å². The predicted molar refractivity (Wildman–Crippen MR) is 70.5 cm³/mol. The second-order valence-corrected chi connectivity index (χ2v) is 4.49. The van der Waals surface area contributed by atoms with Crippen LogP contribution in [0.25, 0.3) is 0 Å². The van der Waals surface area contributed by atoms with Crippen molar-refractivity contribution >= 4 is 5.95 Å². The summed E-state index contributed by atoms with van der Waals surface area (Å²) in [5.41, 5.74) is 1.86. The number of aryl methyl sites for hydroxylation is 2. The third-order valence-corrected chi connectivity index (χ3v) is 2.64. The quantitative estimate of drug-likeness (QED) is 0.919. The number of hydrogen-bond acceptors (Lipinski definition) is 5. The molecular weight excluding hydrogens is 283 g/mol. The fraction of sp³-hybridized carbons (Fsp3) is 0.385. The molecule has 5 nitrogen and oxygen atoms in total. The lowest BCUT2D eigenvalue weighted by Gasteiger charge is -2.07. The second-order valence-electron chi connectivity index (χ2n) is 4.49. The van der Waals surface area contributed by atoms with E-state index in [-0.39, 0.29) is 12.4 Å². The Balaban J connectivity index is 1.93. The van der Waals surface area contributed by atoms with Crippen LogP contribution in [0.3, 0.4) is 0 Å². The zero-order valence-corrected chi connectivity index (χ0v) is 11.4. The Morgan fingerprint density at radius 2 is 1.90 bits per heavy atom. The maximum Gasteiger partial charge on any atom is 0.389 e. The minimum atomic E-state index is -4.18. The smallest absolute Gasteiger partial charge is 0.349 e. The predicted octanol–water partition coefficient (Wildman–Crippen LogP) is 2.68. The van der Waals surface area contributed by atoms with E-state index in [2.05, 4.69) is 25.3 Å². The average molecular weight is 297 g/mol. The van der Waals surface area contributed by atoms with Crippen molar-refractivity contribution in [3.8, 4) is 0 Å². The van der Waals surface area contributed by atoms with Crippen LogP contribution in [0, 0.1) is 6.92 Å². The molecule has 0 bridgehead atoms. The van der Waals surface area contributed by atoms with E-state index in [0.29, 0.717) is 17.9 Å². The van der Waals surface area contributed by atoms with Crippen molar-refractivity contribution in [1.82, 2.24) is 19.9 Å². The number of hydrogen-bond donors (Lipinski definition) is 1. The van der Waals surface area contributed by atoms with E-state index < -0.39 is 12.6 Å². The Kier molecular flexibility index (Phi) is 4.66. The number of anilines is 1. The monoisotopic (exact) mass is 297 g/mol. The number of nitrogens with zero attached hydrogens (tertiary/aromatic N) is 4. The lowest BCUT2D eigenvalue weighted by molar-refractivity contribution is -0.134. The Morgan fingerprint density at radius 1 is 1.10 bits per heavy atom. The summed E-state index contributed by atoms with van der Waals surface area (Å²) in [5, 5.41) is 2.91. The van der Waals surface area contributed by atoms with Crippen LogP contribution in [0.4, 0.5) is 19.1 Å². The fourth-order valence-corrected chi connectivity index (χ4v) is 1.57. The summed E-state index contributed by atoms with van der Waals surface area (Å²) in [6, 6.07) is 1.47. The maximum atomic E-state index is 12.2. The Bertz CT molecular complexity index is 583. The van der Waals surface area contributed by atoms with E-state index in [9.17, 15) is 13.2 Å². The van der Waals surface area contributed by atoms with Crippen molar-refractivity contribution < 1.29 is 13.2 Å². The summed E-state index contributed by atoms with van der Waals surface area (Å²) in [5.74, 6) is 0.275. The number of nitrogens with one attached hydrogen (secondary N) is 1. The van der Waals surface area contributed by atoms with Crippen molar-refractivity contribution in [2.75, 3.05) is 5.32 Å². The summed E-state index contributed by atoms with van der Waals surface area (Å²) in [6.07, 6.45) is -0.552. The van der Waals surface area contributed by atoms with Gasteiger partial charge < -0.3 is 5.32 Å². The summed E-state index contributed by atoms with van der Waals surface area (Å²) in [4.78, 5) is 16.3. The third-order valence-electron chi connectivity index (χ3n) is 2.64. The van der Waals surface area contributed by atoms with Gasteiger partial charge in [-0.2, -0.15) is 13.2 Å². The molecule has 1 N–H and O–H groups in total. The summed E-state index contributed by atoms with van der Waals surface area (Å²) in [6.45, 7) is 2.19. The van der Waals surface area contributed by atoms with Crippen molar-refractivity contribution in [2.45, 2.75) is 32.5 Å². The Hall–Kier alpha value is -2.25. The van der Waals surface area contributed by atoms with Gasteiger partial charge in [-0.05, 0) is 19.4 Å². The van der Waals surface area contributed by atoms with Crippen molar-refractivity contribution in [3.05, 3.63) is 41.7 Å². The van der Waals surface area contributed by atoms with Crippen LogP contribution in [-0.4, -0.2) is 26.1 Å². The van der Waals surface area contributed by atoms with Gasteiger partial charge in [0.25, 0.3) is 0 Å². The lowest BCUT2D eigenvalue weighted by atomic mass is 10.2. The van der Waals surface area contributed by atoms with E-state index in [1.54, 1.807) is 12.4 Å². The third kappa shape index (κ3) is 5.33. The molecule has 0 aliphatic carbocycles. The van der Waals surface area contributed by atoms with Crippen LogP contribution in [0.1, 0.15) is 23.5 Å². The van der Waals surface area contributed by atoms with Gasteiger partial charge in [0.05, 0.1) is 24.1 Å². The van der Waals surface area contributed by atoms with E-state index in [4.69, 9.17) is 0 Å². The molecule has 112 valence electrons. The molecule has 0 aliphatic rings. The minimum absolute atomic E-state index is 0.162. The molecule has 0 aromatic carbocycles. The highest BCUT2D eigenvalue weighted by Crippen LogP contribution is 2.21. The minimum Gasteiger partial charge on any atom is -0.349 e. The molecule has 0 aliphatic heterocycles. The standard InChI is InChI=1S/C13H14F3N5/c1-9-6-19-11(7-18-9)8-20-12-17-5-3-10(21-12)2-4-13(14,15)16/h3,5-7H,2,4,8H2,1H3,(H,17,20,21). The highest BCUT2D eigenvalue weighted by atomic mass is 19.4. The van der Waals surface area contributed by atoms with Gasteiger partial charge in [-0.25, -0.2) is 9.97 Å². The molecule has 0 unspecified atom stereocenters. The average Bonchev–Trinajstić information content (AvgIpc) is 2.44. The Labute approximate surface area is 119 Å². The van der Waals surface area contributed by atoms with E-state index in [1.807, 2.05) is 6.92 Å². The number of halogens is 3. The fourth-order valence-electron chi connectivity index (χ4n) is 1.57. The zero-order chi connectivity index (χ0) is 15.3. The van der Waals surface area contributed by atoms with Gasteiger partial charge in [0.15, 0.2) is 0 Å². The summed E-state index contributed by atoms with van der Waals surface area (Å²) < 4.78 is 36.5. The highest BCUT2D eigenvalue weighted by molar-refractivity contribution is 5.26. The van der Waals surface area contributed by atoms with Crippen LogP contribution in [0.15, 0.2) is 24.7 Å². The molecule has 2 aromatic rings. The van der Waals surface area contributed by atoms with Crippen LogP contribution >= 0.6 is 0 Å². The lowest BCUT2D eigenvalue weighted by Crippen LogP contribution is -2.11. The molecule has 2 aromatic heterocycles. The van der Waals surface area contributed by atoms with Gasteiger partial charge in [-0.1, -0.05) is 0 Å². The SMILES string of the molecule is Cc1cnc(CNc2nccc(CCC(F)(F)F)n2)cn1. The van der Waals surface area contributed by atoms with E-state index in [0.717, 1.165) is 5.69 Å². The van der Waals surface area contributed by atoms with Gasteiger partial charge in [-0.3, -0.25) is 9.97 Å². The van der Waals surface area contributed by atoms with E-state index >= 15 is 0 Å². The number of aromatic nitrogens is 4. The van der Waals surface area contributed by atoms with Gasteiger partial charge in [-0.15, -0.1) is 0 Å². The molecule has 0 amide bonds. The first-order chi connectivity index (χ1) is 9.92. The summed E-state index contributed by atoms with van der Waals surface area (Å²) in [7, 11) is 0. The van der Waals surface area contributed by atoms with Crippen LogP contribution in [0.2, 0.25) is 0 Å². The first-order valence-corrected chi connectivity index (χ1v) is 6.32. The molecule has 0 saturated carbocycles. The molecule has 0 fully saturated rings. The first kappa shape index (κ1) is 15.1. The molecule has 2 heterocycles. The molecule has 0 spiro atoms. The van der Waals surface area contributed by atoms with E-state index in [1.165, 1.54) is 12.3 Å².